The second-order valence-corrected chi connectivity index (χ2v) is 10.9. The minimum Gasteiger partial charge on any atom is -0.291 e. The van der Waals surface area contributed by atoms with Gasteiger partial charge in [0.05, 0.1) is 27.6 Å². The topological polar surface area (TPSA) is 54.9 Å². The van der Waals surface area contributed by atoms with E-state index in [2.05, 4.69) is 20.4 Å². The molecule has 0 fully saturated rings. The van der Waals surface area contributed by atoms with Crippen LogP contribution in [0.25, 0.3) is 5.69 Å². The van der Waals surface area contributed by atoms with E-state index in [1.807, 2.05) is 24.5 Å². The highest BCUT2D eigenvalue weighted by Crippen LogP contribution is 2.39. The number of imidazole rings is 1. The van der Waals surface area contributed by atoms with Gasteiger partial charge in [-0.1, -0.05) is 54.9 Å². The van der Waals surface area contributed by atoms with E-state index < -0.39 is 17.0 Å². The van der Waals surface area contributed by atoms with Crippen LogP contribution in [0.3, 0.4) is 0 Å². The van der Waals surface area contributed by atoms with Gasteiger partial charge in [0.2, 0.25) is 0 Å². The lowest BCUT2D eigenvalue weighted by Gasteiger charge is -2.28. The predicted molar refractivity (Wildman–Crippen MR) is 144 cm³/mol. The zero-order chi connectivity index (χ0) is 27.0. The molecule has 11 heteroatoms. The van der Waals surface area contributed by atoms with Crippen LogP contribution in [0.2, 0.25) is 10.0 Å². The van der Waals surface area contributed by atoms with E-state index in [4.69, 9.17) is 23.2 Å². The van der Waals surface area contributed by atoms with Crippen molar-refractivity contribution >= 4 is 40.7 Å². The molecule has 194 valence electrons. The van der Waals surface area contributed by atoms with Crippen molar-refractivity contribution in [3.05, 3.63) is 111 Å². The largest absolute Gasteiger partial charge is 0.291 e. The first kappa shape index (κ1) is 26.5. The van der Waals surface area contributed by atoms with Gasteiger partial charge in [0, 0.05) is 28.0 Å². The van der Waals surface area contributed by atoms with Crippen molar-refractivity contribution in [2.75, 3.05) is 6.54 Å². The first-order valence-corrected chi connectivity index (χ1v) is 13.2. The highest BCUT2D eigenvalue weighted by Gasteiger charge is 2.30. The Morgan fingerprint density at radius 2 is 1.66 bits per heavy atom. The molecule has 0 bridgehead atoms. The summed E-state index contributed by atoms with van der Waals surface area (Å²) >= 11 is 13.6. The Kier molecular flexibility index (Phi) is 7.35. The number of aromatic nitrogens is 2. The summed E-state index contributed by atoms with van der Waals surface area (Å²) in [6.45, 7) is 4.18. The fourth-order valence-electron chi connectivity index (χ4n) is 4.16. The Balaban J connectivity index is 1.52. The molecule has 0 saturated carbocycles. The van der Waals surface area contributed by atoms with Gasteiger partial charge in [0.1, 0.15) is 24.0 Å². The molecular formula is C27H20Cl2F3N5S. The summed E-state index contributed by atoms with van der Waals surface area (Å²) in [5.74, 6) is -1.80. The molecule has 5 rings (SSSR count). The number of rotatable bonds is 7. The predicted octanol–water partition coefficient (Wildman–Crippen LogP) is 8.38. The van der Waals surface area contributed by atoms with Crippen LogP contribution >= 0.6 is 35.0 Å². The number of hydrogen-bond acceptors (Lipinski definition) is 5. The number of hydrogen-bond donors (Lipinski definition) is 0. The van der Waals surface area contributed by atoms with Crippen molar-refractivity contribution in [2.45, 2.75) is 30.2 Å². The zero-order valence-electron chi connectivity index (χ0n) is 20.2. The molecule has 0 saturated heterocycles. The number of benzene rings is 3. The minimum absolute atomic E-state index is 0.0238. The van der Waals surface area contributed by atoms with E-state index in [1.54, 1.807) is 30.5 Å². The maximum atomic E-state index is 15.0. The van der Waals surface area contributed by atoms with Gasteiger partial charge in [-0.25, -0.2) is 18.2 Å². The third kappa shape index (κ3) is 5.10. The summed E-state index contributed by atoms with van der Waals surface area (Å²) in [5.41, 5.74) is 2.31. The third-order valence-electron chi connectivity index (χ3n) is 6.36. The SMILES string of the molecule is CC(C)(c1ccc(Cl)c(Cl)c1)c1cnc(SCc2c(F)cc(C3=NN=NC3)cc2F)n1-c1ccc(F)cc1. The molecule has 0 radical (unpaired) electrons. The van der Waals surface area contributed by atoms with Gasteiger partial charge in [-0.15, -0.1) is 5.10 Å². The van der Waals surface area contributed by atoms with E-state index in [1.165, 1.54) is 36.0 Å². The Bertz CT molecular complexity index is 1560. The number of thioether (sulfide) groups is 1. The summed E-state index contributed by atoms with van der Waals surface area (Å²) in [6, 6.07) is 13.8. The fraction of sp³-hybridized carbons (Fsp3) is 0.185. The normalized spacial score (nSPS) is 13.3. The van der Waals surface area contributed by atoms with Crippen LogP contribution in [0, 0.1) is 17.5 Å². The van der Waals surface area contributed by atoms with Crippen LogP contribution in [0.4, 0.5) is 13.2 Å². The molecule has 1 aliphatic rings. The zero-order valence-corrected chi connectivity index (χ0v) is 22.6. The van der Waals surface area contributed by atoms with Crippen molar-refractivity contribution < 1.29 is 13.2 Å². The molecular weight excluding hydrogens is 554 g/mol. The van der Waals surface area contributed by atoms with Crippen molar-refractivity contribution in [3.63, 3.8) is 0 Å². The van der Waals surface area contributed by atoms with Crippen molar-refractivity contribution in [1.29, 1.82) is 0 Å². The lowest BCUT2D eigenvalue weighted by atomic mass is 9.81. The second-order valence-electron chi connectivity index (χ2n) is 9.13. The molecule has 0 amide bonds. The van der Waals surface area contributed by atoms with E-state index in [9.17, 15) is 13.2 Å². The van der Waals surface area contributed by atoms with E-state index in [-0.39, 0.29) is 23.7 Å². The number of halogens is 5. The van der Waals surface area contributed by atoms with Gasteiger partial charge in [-0.05, 0) is 59.3 Å². The van der Waals surface area contributed by atoms with E-state index in [0.29, 0.717) is 32.2 Å². The number of nitrogens with zero attached hydrogens (tertiary/aromatic N) is 5. The van der Waals surface area contributed by atoms with Gasteiger partial charge in [-0.2, -0.15) is 5.11 Å². The molecule has 0 atom stereocenters. The average Bonchev–Trinajstić information content (AvgIpc) is 3.56. The molecule has 1 aromatic heterocycles. The van der Waals surface area contributed by atoms with Gasteiger partial charge in [0.25, 0.3) is 0 Å². The van der Waals surface area contributed by atoms with Crippen LogP contribution in [-0.2, 0) is 11.2 Å². The molecule has 0 aliphatic carbocycles. The Hall–Kier alpha value is -3.14. The molecule has 38 heavy (non-hydrogen) atoms. The molecule has 1 aliphatic heterocycles. The highest BCUT2D eigenvalue weighted by atomic mass is 35.5. The average molecular weight is 574 g/mol. The molecule has 0 unspecified atom stereocenters. The molecule has 5 nitrogen and oxygen atoms in total. The van der Waals surface area contributed by atoms with Crippen molar-refractivity contribution in [3.8, 4) is 5.69 Å². The van der Waals surface area contributed by atoms with Gasteiger partial charge in [0.15, 0.2) is 5.16 Å². The maximum absolute atomic E-state index is 15.0. The first-order chi connectivity index (χ1) is 18.1. The maximum Gasteiger partial charge on any atom is 0.173 e. The van der Waals surface area contributed by atoms with Crippen molar-refractivity contribution in [1.82, 2.24) is 9.55 Å². The summed E-state index contributed by atoms with van der Waals surface area (Å²) in [5, 5.41) is 12.4. The highest BCUT2D eigenvalue weighted by molar-refractivity contribution is 7.98. The Morgan fingerprint density at radius 1 is 0.947 bits per heavy atom. The lowest BCUT2D eigenvalue weighted by molar-refractivity contribution is 0.565. The molecule has 0 spiro atoms. The first-order valence-electron chi connectivity index (χ1n) is 11.5. The standard InChI is InChI=1S/C27H20Cl2F3N5S/c1-27(2,16-3-8-20(28)21(29)11-16)25-13-33-26(37(25)18-6-4-17(30)5-7-18)38-14-19-22(31)9-15(10-23(19)32)24-12-34-36-35-24/h3-11,13H,12,14H2,1-2H3. The van der Waals surface area contributed by atoms with Crippen molar-refractivity contribution in [2.24, 2.45) is 15.4 Å². The Morgan fingerprint density at radius 3 is 2.29 bits per heavy atom. The van der Waals surface area contributed by atoms with Gasteiger partial charge >= 0.3 is 0 Å². The summed E-state index contributed by atoms with van der Waals surface area (Å²) in [4.78, 5) is 4.59. The van der Waals surface area contributed by atoms with Crippen LogP contribution in [0.1, 0.15) is 36.2 Å². The van der Waals surface area contributed by atoms with E-state index in [0.717, 1.165) is 11.3 Å². The molecule has 4 aromatic rings. The van der Waals surface area contributed by atoms with Crippen LogP contribution in [-0.4, -0.2) is 21.8 Å². The lowest BCUT2D eigenvalue weighted by Crippen LogP contribution is -2.23. The summed E-state index contributed by atoms with van der Waals surface area (Å²) < 4.78 is 45.5. The fourth-order valence-corrected chi connectivity index (χ4v) is 5.47. The monoisotopic (exact) mass is 573 g/mol. The molecule has 3 aromatic carbocycles. The van der Waals surface area contributed by atoms with Crippen LogP contribution < -0.4 is 0 Å². The van der Waals surface area contributed by atoms with E-state index >= 15 is 0 Å². The Labute approximate surface area is 231 Å². The van der Waals surface area contributed by atoms with Crippen LogP contribution in [0.15, 0.2) is 81.4 Å². The third-order valence-corrected chi connectivity index (χ3v) is 8.08. The molecule has 2 heterocycles. The summed E-state index contributed by atoms with van der Waals surface area (Å²) in [6.07, 6.45) is 1.70. The second kappa shape index (κ2) is 10.6. The van der Waals surface area contributed by atoms with Gasteiger partial charge in [-0.3, -0.25) is 4.57 Å². The molecule has 0 N–H and O–H groups in total. The summed E-state index contributed by atoms with van der Waals surface area (Å²) in [7, 11) is 0. The van der Waals surface area contributed by atoms with Gasteiger partial charge < -0.3 is 0 Å². The smallest absolute Gasteiger partial charge is 0.173 e. The quantitative estimate of drug-likeness (QED) is 0.208. The minimum atomic E-state index is -0.696. The van der Waals surface area contributed by atoms with Crippen LogP contribution in [0.5, 0.6) is 0 Å².